The van der Waals surface area contributed by atoms with E-state index in [-0.39, 0.29) is 11.8 Å². The van der Waals surface area contributed by atoms with E-state index in [4.69, 9.17) is 0 Å². The van der Waals surface area contributed by atoms with Crippen LogP contribution in [0.25, 0.3) is 0 Å². The van der Waals surface area contributed by atoms with E-state index >= 15 is 0 Å². The Morgan fingerprint density at radius 2 is 2.38 bits per heavy atom. The Kier molecular flexibility index (Phi) is 2.79. The average molecular weight is 182 g/mol. The summed E-state index contributed by atoms with van der Waals surface area (Å²) < 4.78 is 0. The fourth-order valence-corrected chi connectivity index (χ4v) is 2.60. The molecule has 1 aliphatic carbocycles. The molecule has 0 aliphatic heterocycles. The van der Waals surface area contributed by atoms with Gasteiger partial charge in [-0.2, -0.15) is 0 Å². The van der Waals surface area contributed by atoms with Gasteiger partial charge >= 0.3 is 5.97 Å². The molecule has 0 bridgehead atoms. The summed E-state index contributed by atoms with van der Waals surface area (Å²) in [6.07, 6.45) is 4.64. The van der Waals surface area contributed by atoms with Crippen LogP contribution in [0.1, 0.15) is 33.1 Å². The topological polar surface area (TPSA) is 37.3 Å². The molecule has 1 saturated carbocycles. The third-order valence-electron chi connectivity index (χ3n) is 3.67. The Labute approximate surface area is 79.6 Å². The fraction of sp³-hybridized carbons (Fsp3) is 0.727. The summed E-state index contributed by atoms with van der Waals surface area (Å²) in [6.45, 7) is 7.71. The maximum Gasteiger partial charge on any atom is 0.310 e. The highest BCUT2D eigenvalue weighted by atomic mass is 16.4. The fourth-order valence-electron chi connectivity index (χ4n) is 2.60. The molecule has 0 radical (unpaired) electrons. The van der Waals surface area contributed by atoms with Crippen LogP contribution in [-0.2, 0) is 4.79 Å². The summed E-state index contributed by atoms with van der Waals surface area (Å²) in [5.41, 5.74) is -0.540. The van der Waals surface area contributed by atoms with E-state index in [2.05, 4.69) is 6.58 Å². The number of hydrogen-bond donors (Lipinski definition) is 1. The number of hydrogen-bond acceptors (Lipinski definition) is 1. The molecule has 1 fully saturated rings. The lowest BCUT2D eigenvalue weighted by Crippen LogP contribution is -2.38. The third kappa shape index (κ3) is 1.38. The Bertz CT molecular complexity index is 222. The molecule has 0 amide bonds. The van der Waals surface area contributed by atoms with E-state index in [1.807, 2.05) is 13.8 Å². The van der Waals surface area contributed by atoms with Gasteiger partial charge in [-0.15, -0.1) is 6.58 Å². The zero-order valence-corrected chi connectivity index (χ0v) is 8.42. The molecule has 2 heteroatoms. The molecule has 3 atom stereocenters. The predicted octanol–water partition coefficient (Wildman–Crippen LogP) is 2.70. The molecule has 1 aliphatic rings. The van der Waals surface area contributed by atoms with E-state index in [9.17, 15) is 9.90 Å². The Hall–Kier alpha value is -0.790. The van der Waals surface area contributed by atoms with Gasteiger partial charge in [0.1, 0.15) is 0 Å². The van der Waals surface area contributed by atoms with E-state index in [0.29, 0.717) is 0 Å². The molecular formula is C11H18O2. The second kappa shape index (κ2) is 3.52. The Morgan fingerprint density at radius 1 is 1.77 bits per heavy atom. The van der Waals surface area contributed by atoms with Crippen LogP contribution >= 0.6 is 0 Å². The van der Waals surface area contributed by atoms with Gasteiger partial charge in [-0.3, -0.25) is 4.79 Å². The largest absolute Gasteiger partial charge is 0.481 e. The van der Waals surface area contributed by atoms with Crippen LogP contribution in [0.3, 0.4) is 0 Å². The molecular weight excluding hydrogens is 164 g/mol. The second-order valence-corrected chi connectivity index (χ2v) is 4.16. The van der Waals surface area contributed by atoms with Crippen molar-refractivity contribution in [3.63, 3.8) is 0 Å². The van der Waals surface area contributed by atoms with Crippen molar-refractivity contribution in [1.29, 1.82) is 0 Å². The van der Waals surface area contributed by atoms with Gasteiger partial charge in [0.05, 0.1) is 5.41 Å². The summed E-state index contributed by atoms with van der Waals surface area (Å²) in [4.78, 5) is 11.3. The molecule has 0 aromatic rings. The molecule has 0 saturated heterocycles. The minimum Gasteiger partial charge on any atom is -0.481 e. The zero-order chi connectivity index (χ0) is 10.1. The van der Waals surface area contributed by atoms with Crippen molar-refractivity contribution in [3.8, 4) is 0 Å². The first-order chi connectivity index (χ1) is 6.05. The van der Waals surface area contributed by atoms with Crippen molar-refractivity contribution < 1.29 is 9.90 Å². The first-order valence-corrected chi connectivity index (χ1v) is 4.91. The van der Waals surface area contributed by atoms with Gasteiger partial charge in [0.2, 0.25) is 0 Å². The molecule has 13 heavy (non-hydrogen) atoms. The highest BCUT2D eigenvalue weighted by Gasteiger charge is 2.49. The van der Waals surface area contributed by atoms with Crippen molar-refractivity contribution in [2.24, 2.45) is 17.3 Å². The first-order valence-electron chi connectivity index (χ1n) is 4.91. The van der Waals surface area contributed by atoms with Crippen LogP contribution in [0.15, 0.2) is 12.7 Å². The minimum atomic E-state index is -0.648. The molecule has 1 N–H and O–H groups in total. The predicted molar refractivity (Wildman–Crippen MR) is 52.4 cm³/mol. The first kappa shape index (κ1) is 10.3. The molecule has 74 valence electrons. The number of allylic oxidation sites excluding steroid dienone is 1. The summed E-state index contributed by atoms with van der Waals surface area (Å²) in [5, 5.41) is 9.29. The van der Waals surface area contributed by atoms with Gasteiger partial charge in [0, 0.05) is 0 Å². The van der Waals surface area contributed by atoms with Crippen LogP contribution in [0.5, 0.6) is 0 Å². The normalized spacial score (nSPS) is 35.7. The van der Waals surface area contributed by atoms with Crippen molar-refractivity contribution in [2.45, 2.75) is 33.1 Å². The van der Waals surface area contributed by atoms with E-state index in [0.717, 1.165) is 19.3 Å². The summed E-state index contributed by atoms with van der Waals surface area (Å²) >= 11 is 0. The van der Waals surface area contributed by atoms with Gasteiger partial charge in [-0.25, -0.2) is 0 Å². The lowest BCUT2D eigenvalue weighted by atomic mass is 9.69. The van der Waals surface area contributed by atoms with Crippen molar-refractivity contribution in [2.75, 3.05) is 0 Å². The highest BCUT2D eigenvalue weighted by Crippen LogP contribution is 2.49. The lowest BCUT2D eigenvalue weighted by molar-refractivity contribution is -0.153. The van der Waals surface area contributed by atoms with Crippen molar-refractivity contribution in [3.05, 3.63) is 12.7 Å². The van der Waals surface area contributed by atoms with E-state index in [1.165, 1.54) is 0 Å². The Balaban J connectivity index is 2.99. The van der Waals surface area contributed by atoms with Crippen molar-refractivity contribution >= 4 is 5.97 Å². The maximum absolute atomic E-state index is 11.3. The van der Waals surface area contributed by atoms with Gasteiger partial charge in [0.25, 0.3) is 0 Å². The molecule has 0 spiro atoms. The van der Waals surface area contributed by atoms with Crippen LogP contribution < -0.4 is 0 Å². The van der Waals surface area contributed by atoms with E-state index in [1.54, 1.807) is 6.08 Å². The molecule has 0 aromatic carbocycles. The van der Waals surface area contributed by atoms with Gasteiger partial charge < -0.3 is 5.11 Å². The van der Waals surface area contributed by atoms with Crippen LogP contribution in [0.2, 0.25) is 0 Å². The van der Waals surface area contributed by atoms with Gasteiger partial charge in [0.15, 0.2) is 0 Å². The summed E-state index contributed by atoms with van der Waals surface area (Å²) in [7, 11) is 0. The monoisotopic (exact) mass is 182 g/mol. The van der Waals surface area contributed by atoms with Crippen molar-refractivity contribution in [1.82, 2.24) is 0 Å². The maximum atomic E-state index is 11.3. The quantitative estimate of drug-likeness (QED) is 0.681. The molecule has 2 nitrogen and oxygen atoms in total. The van der Waals surface area contributed by atoms with Crippen LogP contribution in [-0.4, -0.2) is 11.1 Å². The number of carboxylic acids is 1. The van der Waals surface area contributed by atoms with E-state index < -0.39 is 11.4 Å². The summed E-state index contributed by atoms with van der Waals surface area (Å²) in [5.74, 6) is -0.301. The summed E-state index contributed by atoms with van der Waals surface area (Å²) in [6, 6.07) is 0. The molecule has 0 heterocycles. The average Bonchev–Trinajstić information content (AvgIpc) is 2.47. The number of carbonyl (C=O) groups is 1. The third-order valence-corrected chi connectivity index (χ3v) is 3.67. The molecule has 1 rings (SSSR count). The SMILES string of the molecule is C=CC(C)[C@]1(C(=O)O)CCC[C@H]1C. The zero-order valence-electron chi connectivity index (χ0n) is 8.42. The highest BCUT2D eigenvalue weighted by molar-refractivity contribution is 5.76. The number of rotatable bonds is 3. The molecule has 1 unspecified atom stereocenters. The standard InChI is InChI=1S/C11H18O2/c1-4-8(2)11(10(12)13)7-5-6-9(11)3/h4,8-9H,1,5-7H2,2-3H3,(H,12,13)/t8?,9-,11-/m1/s1. The van der Waals surface area contributed by atoms with Gasteiger partial charge in [-0.05, 0) is 24.7 Å². The number of carboxylic acid groups (broad SMARTS) is 1. The second-order valence-electron chi connectivity index (χ2n) is 4.16. The minimum absolute atomic E-state index is 0.0718. The number of aliphatic carboxylic acids is 1. The van der Waals surface area contributed by atoms with Crippen LogP contribution in [0.4, 0.5) is 0 Å². The van der Waals surface area contributed by atoms with Gasteiger partial charge in [-0.1, -0.05) is 26.3 Å². The molecule has 0 aromatic heterocycles. The lowest BCUT2D eigenvalue weighted by Gasteiger charge is -2.33. The van der Waals surface area contributed by atoms with Crippen LogP contribution in [0, 0.1) is 17.3 Å². The Morgan fingerprint density at radius 3 is 2.69 bits per heavy atom. The smallest absolute Gasteiger partial charge is 0.310 e.